The van der Waals surface area contributed by atoms with Gasteiger partial charge in [0.2, 0.25) is 0 Å². The van der Waals surface area contributed by atoms with Crippen LogP contribution in [-0.2, 0) is 10.0 Å². The second-order valence-corrected chi connectivity index (χ2v) is 6.84. The number of hydrogen-bond donors (Lipinski definition) is 4. The maximum absolute atomic E-state index is 12.4. The zero-order valence-electron chi connectivity index (χ0n) is 12.7. The van der Waals surface area contributed by atoms with E-state index >= 15 is 0 Å². The molecule has 0 heterocycles. The van der Waals surface area contributed by atoms with Crippen LogP contribution < -0.4 is 10.0 Å². The number of anilines is 2. The van der Waals surface area contributed by atoms with Gasteiger partial charge >= 0.3 is 0 Å². The summed E-state index contributed by atoms with van der Waals surface area (Å²) < 4.78 is 27.3. The average molecular weight is 336 g/mol. The number of sulfonamides is 1. The molecule has 0 aliphatic carbocycles. The molecule has 7 heteroatoms. The van der Waals surface area contributed by atoms with Crippen LogP contribution in [0.25, 0.3) is 0 Å². The van der Waals surface area contributed by atoms with Gasteiger partial charge in [-0.2, -0.15) is 0 Å². The van der Waals surface area contributed by atoms with Gasteiger partial charge in [-0.05, 0) is 42.8 Å². The lowest BCUT2D eigenvalue weighted by molar-refractivity contribution is 0.105. The maximum atomic E-state index is 12.4. The van der Waals surface area contributed by atoms with Crippen molar-refractivity contribution >= 4 is 21.4 Å². The van der Waals surface area contributed by atoms with Gasteiger partial charge in [0.15, 0.2) is 0 Å². The summed E-state index contributed by atoms with van der Waals surface area (Å²) in [5, 5.41) is 20.9. The smallest absolute Gasteiger partial charge is 0.261 e. The topological polar surface area (TPSA) is 98.7 Å². The van der Waals surface area contributed by atoms with Gasteiger partial charge in [-0.15, -0.1) is 0 Å². The lowest BCUT2D eigenvalue weighted by atomic mass is 10.2. The molecule has 2 aromatic carbocycles. The summed E-state index contributed by atoms with van der Waals surface area (Å²) in [4.78, 5) is 0.147. The van der Waals surface area contributed by atoms with Crippen LogP contribution in [-0.4, -0.2) is 37.9 Å². The third kappa shape index (κ3) is 4.69. The molecule has 0 aromatic heterocycles. The summed E-state index contributed by atoms with van der Waals surface area (Å²) in [5.41, 5.74) is 2.04. The quantitative estimate of drug-likeness (QED) is 0.615. The fourth-order valence-electron chi connectivity index (χ4n) is 1.94. The van der Waals surface area contributed by atoms with E-state index in [1.54, 1.807) is 24.3 Å². The Morgan fingerprint density at radius 1 is 1.09 bits per heavy atom. The molecule has 0 saturated heterocycles. The van der Waals surface area contributed by atoms with Crippen molar-refractivity contribution in [2.45, 2.75) is 17.9 Å². The number of benzene rings is 2. The highest BCUT2D eigenvalue weighted by atomic mass is 32.2. The van der Waals surface area contributed by atoms with Crippen molar-refractivity contribution in [1.82, 2.24) is 0 Å². The van der Waals surface area contributed by atoms with Gasteiger partial charge in [-0.25, -0.2) is 8.42 Å². The first-order valence-electron chi connectivity index (χ1n) is 7.13. The first-order chi connectivity index (χ1) is 10.9. The minimum atomic E-state index is -3.66. The van der Waals surface area contributed by atoms with Crippen molar-refractivity contribution in [2.24, 2.45) is 0 Å². The van der Waals surface area contributed by atoms with Crippen molar-refractivity contribution in [2.75, 3.05) is 23.2 Å². The monoisotopic (exact) mass is 336 g/mol. The Morgan fingerprint density at radius 2 is 1.74 bits per heavy atom. The molecule has 0 fully saturated rings. The Bertz CT molecular complexity index is 745. The Morgan fingerprint density at radius 3 is 2.35 bits per heavy atom. The van der Waals surface area contributed by atoms with Crippen LogP contribution in [0.3, 0.4) is 0 Å². The second kappa shape index (κ2) is 7.45. The number of aliphatic hydroxyl groups is 2. The van der Waals surface area contributed by atoms with E-state index in [0.29, 0.717) is 11.4 Å². The molecule has 0 aliphatic heterocycles. The van der Waals surface area contributed by atoms with Gasteiger partial charge in [0, 0.05) is 12.2 Å². The molecule has 0 aliphatic rings. The predicted octanol–water partition coefficient (Wildman–Crippen LogP) is 1.56. The summed E-state index contributed by atoms with van der Waals surface area (Å²) in [6.07, 6.45) is -0.860. The lowest BCUT2D eigenvalue weighted by Crippen LogP contribution is -2.22. The van der Waals surface area contributed by atoms with Gasteiger partial charge in [-0.1, -0.05) is 18.2 Å². The van der Waals surface area contributed by atoms with Crippen molar-refractivity contribution in [3.05, 3.63) is 54.1 Å². The van der Waals surface area contributed by atoms with E-state index in [0.717, 1.165) is 5.56 Å². The fourth-order valence-corrected chi connectivity index (χ4v) is 3.07. The standard InChI is InChI=1S/C16H20N2O4S/c1-12-4-2-3-5-16(12)18-23(21,22)15-8-6-13(7-9-15)17-10-14(20)11-19/h2-9,14,17-20H,10-11H2,1H3. The van der Waals surface area contributed by atoms with E-state index in [4.69, 9.17) is 5.11 Å². The molecule has 1 atom stereocenters. The summed E-state index contributed by atoms with van der Waals surface area (Å²) in [6.45, 7) is 1.68. The number of aliphatic hydroxyl groups excluding tert-OH is 2. The molecular weight excluding hydrogens is 316 g/mol. The SMILES string of the molecule is Cc1ccccc1NS(=O)(=O)c1ccc(NCC(O)CO)cc1. The van der Waals surface area contributed by atoms with Gasteiger partial charge in [-0.3, -0.25) is 4.72 Å². The zero-order valence-corrected chi connectivity index (χ0v) is 13.5. The third-order valence-corrected chi connectivity index (χ3v) is 4.69. The largest absolute Gasteiger partial charge is 0.394 e. The minimum Gasteiger partial charge on any atom is -0.394 e. The molecule has 2 rings (SSSR count). The number of aryl methyl sites for hydroxylation is 1. The van der Waals surface area contributed by atoms with Crippen LogP contribution in [0, 0.1) is 6.92 Å². The van der Waals surface area contributed by atoms with Gasteiger partial charge in [0.05, 0.1) is 23.3 Å². The number of hydrogen-bond acceptors (Lipinski definition) is 5. The minimum absolute atomic E-state index is 0.147. The van der Waals surface area contributed by atoms with E-state index in [1.807, 2.05) is 19.1 Å². The highest BCUT2D eigenvalue weighted by Crippen LogP contribution is 2.20. The van der Waals surface area contributed by atoms with Crippen LogP contribution in [0.1, 0.15) is 5.56 Å². The first-order valence-corrected chi connectivity index (χ1v) is 8.62. The Labute approximate surface area is 135 Å². The van der Waals surface area contributed by atoms with Gasteiger partial charge in [0.25, 0.3) is 10.0 Å². The summed E-state index contributed by atoms with van der Waals surface area (Å²) >= 11 is 0. The van der Waals surface area contributed by atoms with E-state index < -0.39 is 16.1 Å². The molecule has 0 radical (unpaired) electrons. The highest BCUT2D eigenvalue weighted by Gasteiger charge is 2.15. The third-order valence-electron chi connectivity index (χ3n) is 3.31. The fraction of sp³-hybridized carbons (Fsp3) is 0.250. The molecule has 0 amide bonds. The molecule has 0 saturated carbocycles. The van der Waals surface area contributed by atoms with Crippen LogP contribution in [0.2, 0.25) is 0 Å². The van der Waals surface area contributed by atoms with Crippen LogP contribution in [0.4, 0.5) is 11.4 Å². The summed E-state index contributed by atoms with van der Waals surface area (Å²) in [5.74, 6) is 0. The average Bonchev–Trinajstić information content (AvgIpc) is 2.55. The van der Waals surface area contributed by atoms with Crippen molar-refractivity contribution in [3.8, 4) is 0 Å². The van der Waals surface area contributed by atoms with Crippen molar-refractivity contribution < 1.29 is 18.6 Å². The van der Waals surface area contributed by atoms with E-state index in [-0.39, 0.29) is 18.0 Å². The van der Waals surface area contributed by atoms with E-state index in [1.165, 1.54) is 12.1 Å². The normalized spacial score (nSPS) is 12.7. The summed E-state index contributed by atoms with van der Waals surface area (Å²) in [6, 6.07) is 13.3. The maximum Gasteiger partial charge on any atom is 0.261 e. The molecule has 0 spiro atoms. The molecule has 124 valence electrons. The lowest BCUT2D eigenvalue weighted by Gasteiger charge is -2.12. The van der Waals surface area contributed by atoms with Gasteiger partial charge < -0.3 is 15.5 Å². The molecule has 23 heavy (non-hydrogen) atoms. The summed E-state index contributed by atoms with van der Waals surface area (Å²) in [7, 11) is -3.66. The molecule has 0 bridgehead atoms. The molecule has 6 nitrogen and oxygen atoms in total. The molecular formula is C16H20N2O4S. The van der Waals surface area contributed by atoms with Gasteiger partial charge in [0.1, 0.15) is 0 Å². The highest BCUT2D eigenvalue weighted by molar-refractivity contribution is 7.92. The zero-order chi connectivity index (χ0) is 16.9. The van der Waals surface area contributed by atoms with Crippen LogP contribution >= 0.6 is 0 Å². The Balaban J connectivity index is 2.10. The molecule has 4 N–H and O–H groups in total. The van der Waals surface area contributed by atoms with Crippen molar-refractivity contribution in [1.29, 1.82) is 0 Å². The van der Waals surface area contributed by atoms with Crippen LogP contribution in [0.5, 0.6) is 0 Å². The molecule has 2 aromatic rings. The number of rotatable bonds is 7. The Kier molecular flexibility index (Phi) is 5.59. The van der Waals surface area contributed by atoms with Crippen molar-refractivity contribution in [3.63, 3.8) is 0 Å². The number of para-hydroxylation sites is 1. The predicted molar refractivity (Wildman–Crippen MR) is 90.0 cm³/mol. The van der Waals surface area contributed by atoms with E-state index in [2.05, 4.69) is 10.0 Å². The van der Waals surface area contributed by atoms with Crippen LogP contribution in [0.15, 0.2) is 53.4 Å². The second-order valence-electron chi connectivity index (χ2n) is 5.16. The van der Waals surface area contributed by atoms with E-state index in [9.17, 15) is 13.5 Å². The first kappa shape index (κ1) is 17.3. The number of nitrogens with one attached hydrogen (secondary N) is 2. The Hall–Kier alpha value is -2.09. The molecule has 1 unspecified atom stereocenters.